The largest absolute Gasteiger partial charge is 0.309 e. The van der Waals surface area contributed by atoms with Crippen LogP contribution in [0.4, 0.5) is 17.1 Å². The molecule has 0 saturated carbocycles. The molecule has 304 valence electrons. The van der Waals surface area contributed by atoms with Crippen molar-refractivity contribution in [1.29, 1.82) is 0 Å². The summed E-state index contributed by atoms with van der Waals surface area (Å²) in [4.78, 5) is 2.69. The summed E-state index contributed by atoms with van der Waals surface area (Å²) in [6.07, 6.45) is 6.89. The minimum absolute atomic E-state index is 0.00778. The molecule has 0 bridgehead atoms. The molecule has 11 rings (SSSR count). The number of rotatable bonds is 7. The Bertz CT molecular complexity index is 2900. The van der Waals surface area contributed by atoms with Crippen molar-refractivity contribution >= 4 is 17.1 Å². The van der Waals surface area contributed by atoms with Crippen LogP contribution in [-0.2, 0) is 29.1 Å². The molecule has 1 heteroatoms. The van der Waals surface area contributed by atoms with Gasteiger partial charge in [0.05, 0.1) is 16.8 Å². The molecule has 0 spiro atoms. The van der Waals surface area contributed by atoms with Crippen molar-refractivity contribution in [3.8, 4) is 33.4 Å². The van der Waals surface area contributed by atoms with E-state index in [-0.39, 0.29) is 10.8 Å². The average molecular weight is 802 g/mol. The Hall–Kier alpha value is -6.44. The van der Waals surface area contributed by atoms with Crippen molar-refractivity contribution < 1.29 is 0 Å². The SMILES string of the molecule is CC1(C)CCC(C)(C)c2c(-c3cc4c(cc3N(c3ccccc3)c3c(-c5ccccc5)ccc5c3CCCC5)C(c3ccccc3)(c3ccccc3)c3ccccc3-4)cccc21. The van der Waals surface area contributed by atoms with E-state index in [0.717, 1.165) is 19.3 Å². The first-order chi connectivity index (χ1) is 30.3. The standard InChI is InChI=1S/C61H55N/c1-59(2)38-39-60(3,4)57-50(33-21-35-54(57)59)52-40-51-49-32-19-20-34-53(49)61(44-25-11-6-12-26-44,45-27-13-7-14-28-45)55(51)41-56(52)62(46-29-15-8-16-30-46)58-47-31-18-17-24-43(47)36-37-48(58)42-22-9-5-10-23-42/h5-16,19-23,25-30,32-37,40-41H,17-18,24,31,38-39H2,1-4H3. The van der Waals surface area contributed by atoms with Crippen molar-refractivity contribution in [3.63, 3.8) is 0 Å². The van der Waals surface area contributed by atoms with E-state index in [9.17, 15) is 0 Å². The molecule has 0 saturated heterocycles. The Morgan fingerprint density at radius 2 is 1.00 bits per heavy atom. The van der Waals surface area contributed by atoms with E-state index in [4.69, 9.17) is 0 Å². The number of anilines is 3. The number of aryl methyl sites for hydroxylation is 1. The second-order valence-corrected chi connectivity index (χ2v) is 19.3. The normalized spacial score (nSPS) is 16.4. The molecular weight excluding hydrogens is 747 g/mol. The van der Waals surface area contributed by atoms with Crippen LogP contribution in [0, 0.1) is 0 Å². The summed E-state index contributed by atoms with van der Waals surface area (Å²) in [6.45, 7) is 9.88. The van der Waals surface area contributed by atoms with Gasteiger partial charge in [-0.25, -0.2) is 0 Å². The Kier molecular flexibility index (Phi) is 9.24. The van der Waals surface area contributed by atoms with Gasteiger partial charge in [0.25, 0.3) is 0 Å². The summed E-state index contributed by atoms with van der Waals surface area (Å²) in [5, 5.41) is 0. The van der Waals surface area contributed by atoms with Gasteiger partial charge in [-0.05, 0) is 140 Å². The van der Waals surface area contributed by atoms with Crippen molar-refractivity contribution in [2.45, 2.75) is 82.5 Å². The van der Waals surface area contributed by atoms with Crippen LogP contribution in [0.15, 0.2) is 188 Å². The Labute approximate surface area is 368 Å². The lowest BCUT2D eigenvalue weighted by Crippen LogP contribution is -2.34. The second-order valence-electron chi connectivity index (χ2n) is 19.3. The lowest BCUT2D eigenvalue weighted by Gasteiger charge is -2.43. The molecule has 0 fully saturated rings. The monoisotopic (exact) mass is 801 g/mol. The number of hydrogen-bond donors (Lipinski definition) is 0. The van der Waals surface area contributed by atoms with Crippen molar-refractivity contribution in [3.05, 3.63) is 233 Å². The molecule has 8 aromatic rings. The lowest BCUT2D eigenvalue weighted by molar-refractivity contribution is 0.333. The predicted molar refractivity (Wildman–Crippen MR) is 261 cm³/mol. The van der Waals surface area contributed by atoms with Crippen LogP contribution < -0.4 is 4.90 Å². The molecule has 0 aromatic heterocycles. The maximum Gasteiger partial charge on any atom is 0.0714 e. The topological polar surface area (TPSA) is 3.24 Å². The smallest absolute Gasteiger partial charge is 0.0714 e. The van der Waals surface area contributed by atoms with Gasteiger partial charge >= 0.3 is 0 Å². The molecule has 0 aliphatic heterocycles. The number of nitrogens with zero attached hydrogens (tertiary/aromatic N) is 1. The van der Waals surface area contributed by atoms with E-state index in [1.807, 2.05) is 0 Å². The molecule has 0 amide bonds. The van der Waals surface area contributed by atoms with Crippen LogP contribution >= 0.6 is 0 Å². The van der Waals surface area contributed by atoms with Crippen molar-refractivity contribution in [1.82, 2.24) is 0 Å². The zero-order valence-electron chi connectivity index (χ0n) is 36.6. The van der Waals surface area contributed by atoms with E-state index in [2.05, 4.69) is 221 Å². The first-order valence-electron chi connectivity index (χ1n) is 22.9. The summed E-state index contributed by atoms with van der Waals surface area (Å²) >= 11 is 0. The number of hydrogen-bond acceptors (Lipinski definition) is 1. The third-order valence-electron chi connectivity index (χ3n) is 14.8. The first kappa shape index (κ1) is 38.5. The fourth-order valence-corrected chi connectivity index (χ4v) is 11.7. The Morgan fingerprint density at radius 1 is 0.419 bits per heavy atom. The second kappa shape index (κ2) is 14.9. The highest BCUT2D eigenvalue weighted by Gasteiger charge is 2.47. The summed E-state index contributed by atoms with van der Waals surface area (Å²) in [5.41, 5.74) is 22.2. The highest BCUT2D eigenvalue weighted by Crippen LogP contribution is 2.61. The first-order valence-corrected chi connectivity index (χ1v) is 22.9. The average Bonchev–Trinajstić information content (AvgIpc) is 3.61. The molecule has 3 aliphatic carbocycles. The zero-order chi connectivity index (χ0) is 42.1. The van der Waals surface area contributed by atoms with E-state index >= 15 is 0 Å². The fourth-order valence-electron chi connectivity index (χ4n) is 11.7. The molecule has 1 nitrogen and oxygen atoms in total. The van der Waals surface area contributed by atoms with E-state index in [1.54, 1.807) is 0 Å². The lowest BCUT2D eigenvalue weighted by atomic mass is 9.61. The molecule has 3 aliphatic rings. The number of benzene rings is 8. The van der Waals surface area contributed by atoms with Gasteiger partial charge in [0.15, 0.2) is 0 Å². The van der Waals surface area contributed by atoms with E-state index < -0.39 is 5.41 Å². The van der Waals surface area contributed by atoms with Crippen LogP contribution in [0.3, 0.4) is 0 Å². The van der Waals surface area contributed by atoms with Crippen molar-refractivity contribution in [2.75, 3.05) is 4.90 Å². The minimum atomic E-state index is -0.542. The minimum Gasteiger partial charge on any atom is -0.309 e. The quantitative estimate of drug-likeness (QED) is 0.155. The third kappa shape index (κ3) is 5.96. The molecule has 0 unspecified atom stereocenters. The van der Waals surface area contributed by atoms with E-state index in [1.165, 1.54) is 114 Å². The molecule has 0 atom stereocenters. The highest BCUT2D eigenvalue weighted by atomic mass is 15.2. The summed E-state index contributed by atoms with van der Waals surface area (Å²) < 4.78 is 0. The molecule has 0 N–H and O–H groups in total. The van der Waals surface area contributed by atoms with Gasteiger partial charge in [-0.1, -0.05) is 191 Å². The van der Waals surface area contributed by atoms with E-state index in [0.29, 0.717) is 0 Å². The molecule has 8 aromatic carbocycles. The maximum atomic E-state index is 2.69. The highest BCUT2D eigenvalue weighted by molar-refractivity contribution is 6.00. The zero-order valence-corrected chi connectivity index (χ0v) is 36.6. The van der Waals surface area contributed by atoms with Gasteiger partial charge in [0, 0.05) is 16.8 Å². The molecule has 62 heavy (non-hydrogen) atoms. The fraction of sp³-hybridized carbons (Fsp3) is 0.213. The third-order valence-corrected chi connectivity index (χ3v) is 14.8. The Morgan fingerprint density at radius 3 is 1.71 bits per heavy atom. The molecule has 0 heterocycles. The van der Waals surface area contributed by atoms with Gasteiger partial charge < -0.3 is 4.90 Å². The van der Waals surface area contributed by atoms with Crippen LogP contribution in [0.1, 0.15) is 97.9 Å². The summed E-state index contributed by atoms with van der Waals surface area (Å²) in [6, 6.07) is 71.5. The predicted octanol–water partition coefficient (Wildman–Crippen LogP) is 16.1. The number of fused-ring (bicyclic) bond motifs is 5. The van der Waals surface area contributed by atoms with Crippen molar-refractivity contribution in [2.24, 2.45) is 0 Å². The molecular formula is C61H55N. The van der Waals surface area contributed by atoms with Crippen LogP contribution in [0.25, 0.3) is 33.4 Å². The summed E-state index contributed by atoms with van der Waals surface area (Å²) in [5.74, 6) is 0. The summed E-state index contributed by atoms with van der Waals surface area (Å²) in [7, 11) is 0. The number of para-hydroxylation sites is 1. The maximum absolute atomic E-state index is 2.69. The van der Waals surface area contributed by atoms with Crippen LogP contribution in [0.5, 0.6) is 0 Å². The van der Waals surface area contributed by atoms with Gasteiger partial charge in [0.1, 0.15) is 0 Å². The van der Waals surface area contributed by atoms with Crippen LogP contribution in [-0.4, -0.2) is 0 Å². The Balaban J connectivity index is 1.34. The van der Waals surface area contributed by atoms with Gasteiger partial charge in [-0.3, -0.25) is 0 Å². The van der Waals surface area contributed by atoms with Gasteiger partial charge in [0.2, 0.25) is 0 Å². The van der Waals surface area contributed by atoms with Gasteiger partial charge in [-0.2, -0.15) is 0 Å². The van der Waals surface area contributed by atoms with Crippen LogP contribution in [0.2, 0.25) is 0 Å². The molecule has 0 radical (unpaired) electrons. The van der Waals surface area contributed by atoms with Gasteiger partial charge in [-0.15, -0.1) is 0 Å².